The summed E-state index contributed by atoms with van der Waals surface area (Å²) in [4.78, 5) is 12.8. The van der Waals surface area contributed by atoms with Crippen LogP contribution in [0.2, 0.25) is 0 Å². The summed E-state index contributed by atoms with van der Waals surface area (Å²) in [5.74, 6) is -1.02. The molecule has 30 heavy (non-hydrogen) atoms. The summed E-state index contributed by atoms with van der Waals surface area (Å²) in [6.45, 7) is 2.04. The molecule has 0 aromatic heterocycles. The van der Waals surface area contributed by atoms with Crippen LogP contribution < -0.4 is 10.0 Å². The molecular weight excluding hydrogens is 403 g/mol. The SMILES string of the molecule is CCc1ccc(NC(=O)[C@@H](Cc2ccccc2)NS(=O)(=O)c2ccc(F)cc2)cc1. The van der Waals surface area contributed by atoms with Gasteiger partial charge in [0, 0.05) is 5.69 Å². The van der Waals surface area contributed by atoms with Crippen molar-refractivity contribution in [2.24, 2.45) is 0 Å². The topological polar surface area (TPSA) is 75.3 Å². The molecule has 0 bridgehead atoms. The number of anilines is 1. The van der Waals surface area contributed by atoms with E-state index < -0.39 is 27.8 Å². The van der Waals surface area contributed by atoms with Crippen molar-refractivity contribution in [2.75, 3.05) is 5.32 Å². The fourth-order valence-electron chi connectivity index (χ4n) is 2.96. The second-order valence-corrected chi connectivity index (χ2v) is 8.57. The summed E-state index contributed by atoms with van der Waals surface area (Å²) < 4.78 is 41.2. The molecule has 3 aromatic carbocycles. The Kier molecular flexibility index (Phi) is 6.97. The van der Waals surface area contributed by atoms with Crippen LogP contribution in [0.3, 0.4) is 0 Å². The molecule has 0 aliphatic rings. The Morgan fingerprint density at radius 2 is 1.53 bits per heavy atom. The number of amides is 1. The first kappa shape index (κ1) is 21.7. The van der Waals surface area contributed by atoms with E-state index in [2.05, 4.69) is 10.0 Å². The largest absolute Gasteiger partial charge is 0.325 e. The number of aryl methyl sites for hydroxylation is 1. The van der Waals surface area contributed by atoms with Gasteiger partial charge in [0.15, 0.2) is 0 Å². The highest BCUT2D eigenvalue weighted by molar-refractivity contribution is 7.89. The molecule has 3 aromatic rings. The molecular formula is C23H23FN2O3S. The molecule has 1 amide bonds. The van der Waals surface area contributed by atoms with Gasteiger partial charge >= 0.3 is 0 Å². The Hall–Kier alpha value is -3.03. The lowest BCUT2D eigenvalue weighted by Crippen LogP contribution is -2.45. The Labute approximate surface area is 176 Å². The van der Waals surface area contributed by atoms with Gasteiger partial charge in [-0.3, -0.25) is 4.79 Å². The predicted molar refractivity (Wildman–Crippen MR) is 115 cm³/mol. The zero-order valence-corrected chi connectivity index (χ0v) is 17.3. The van der Waals surface area contributed by atoms with Crippen molar-refractivity contribution in [3.05, 3.63) is 95.8 Å². The molecule has 7 heteroatoms. The minimum atomic E-state index is -4.02. The van der Waals surface area contributed by atoms with Gasteiger partial charge in [-0.15, -0.1) is 0 Å². The van der Waals surface area contributed by atoms with E-state index in [0.29, 0.717) is 5.69 Å². The molecule has 3 rings (SSSR count). The fourth-order valence-corrected chi connectivity index (χ4v) is 4.16. The third-order valence-corrected chi connectivity index (χ3v) is 6.14. The Bertz CT molecular complexity index is 1080. The van der Waals surface area contributed by atoms with Gasteiger partial charge in [-0.25, -0.2) is 12.8 Å². The van der Waals surface area contributed by atoms with Crippen LogP contribution in [-0.2, 0) is 27.7 Å². The summed E-state index contributed by atoms with van der Waals surface area (Å²) >= 11 is 0. The van der Waals surface area contributed by atoms with Crippen molar-refractivity contribution in [3.63, 3.8) is 0 Å². The first-order chi connectivity index (χ1) is 14.4. The van der Waals surface area contributed by atoms with E-state index in [1.165, 1.54) is 12.1 Å². The van der Waals surface area contributed by atoms with Gasteiger partial charge in [0.05, 0.1) is 4.90 Å². The van der Waals surface area contributed by atoms with E-state index in [9.17, 15) is 17.6 Å². The molecule has 0 saturated carbocycles. The van der Waals surface area contributed by atoms with Crippen LogP contribution in [0, 0.1) is 5.82 Å². The number of rotatable bonds is 8. The average molecular weight is 427 g/mol. The van der Waals surface area contributed by atoms with Crippen molar-refractivity contribution in [1.82, 2.24) is 4.72 Å². The molecule has 0 saturated heterocycles. The summed E-state index contributed by atoms with van der Waals surface area (Å²) in [5, 5.41) is 2.77. The molecule has 0 aliphatic carbocycles. The molecule has 0 aliphatic heterocycles. The number of carbonyl (C=O) groups is 1. The highest BCUT2D eigenvalue weighted by Gasteiger charge is 2.26. The lowest BCUT2D eigenvalue weighted by molar-refractivity contribution is -0.117. The number of halogens is 1. The van der Waals surface area contributed by atoms with E-state index in [4.69, 9.17) is 0 Å². The number of carbonyl (C=O) groups excluding carboxylic acids is 1. The van der Waals surface area contributed by atoms with Crippen LogP contribution in [0.1, 0.15) is 18.1 Å². The number of hydrogen-bond acceptors (Lipinski definition) is 3. The maximum atomic E-state index is 13.2. The minimum absolute atomic E-state index is 0.109. The summed E-state index contributed by atoms with van der Waals surface area (Å²) in [6, 6.07) is 19.9. The number of nitrogens with one attached hydrogen (secondary N) is 2. The van der Waals surface area contributed by atoms with Gasteiger partial charge in [0.25, 0.3) is 0 Å². The second-order valence-electron chi connectivity index (χ2n) is 6.86. The van der Waals surface area contributed by atoms with E-state index in [-0.39, 0.29) is 11.3 Å². The maximum absolute atomic E-state index is 13.2. The van der Waals surface area contributed by atoms with Crippen molar-refractivity contribution in [2.45, 2.75) is 30.7 Å². The number of benzene rings is 3. The second kappa shape index (κ2) is 9.65. The van der Waals surface area contributed by atoms with Crippen LogP contribution in [0.4, 0.5) is 10.1 Å². The lowest BCUT2D eigenvalue weighted by atomic mass is 10.1. The van der Waals surface area contributed by atoms with E-state index in [0.717, 1.165) is 29.7 Å². The van der Waals surface area contributed by atoms with Crippen molar-refractivity contribution in [1.29, 1.82) is 0 Å². The lowest BCUT2D eigenvalue weighted by Gasteiger charge is -2.19. The fraction of sp³-hybridized carbons (Fsp3) is 0.174. The molecule has 5 nitrogen and oxygen atoms in total. The smallest absolute Gasteiger partial charge is 0.242 e. The number of sulfonamides is 1. The minimum Gasteiger partial charge on any atom is -0.325 e. The highest BCUT2D eigenvalue weighted by atomic mass is 32.2. The predicted octanol–water partition coefficient (Wildman–Crippen LogP) is 3.92. The van der Waals surface area contributed by atoms with Gasteiger partial charge in [-0.1, -0.05) is 49.4 Å². The quantitative estimate of drug-likeness (QED) is 0.573. The zero-order chi connectivity index (χ0) is 21.6. The van der Waals surface area contributed by atoms with E-state index in [1.54, 1.807) is 12.1 Å². The zero-order valence-electron chi connectivity index (χ0n) is 16.5. The maximum Gasteiger partial charge on any atom is 0.242 e. The monoisotopic (exact) mass is 426 g/mol. The van der Waals surface area contributed by atoms with Crippen molar-refractivity contribution >= 4 is 21.6 Å². The molecule has 2 N–H and O–H groups in total. The van der Waals surface area contributed by atoms with Crippen molar-refractivity contribution in [3.8, 4) is 0 Å². The summed E-state index contributed by atoms with van der Waals surface area (Å²) in [6.07, 6.45) is 1.04. The summed E-state index contributed by atoms with van der Waals surface area (Å²) in [7, 11) is -4.02. The van der Waals surface area contributed by atoms with E-state index in [1.807, 2.05) is 49.4 Å². The standard InChI is InChI=1S/C23H23FN2O3S/c1-2-17-8-12-20(13-9-17)25-23(27)22(16-18-6-4-3-5-7-18)26-30(28,29)21-14-10-19(24)11-15-21/h3-15,22,26H,2,16H2,1H3,(H,25,27)/t22-/m1/s1. The van der Waals surface area contributed by atoms with Crippen LogP contribution in [-0.4, -0.2) is 20.4 Å². The molecule has 156 valence electrons. The van der Waals surface area contributed by atoms with Crippen molar-refractivity contribution < 1.29 is 17.6 Å². The van der Waals surface area contributed by atoms with Gasteiger partial charge in [-0.2, -0.15) is 4.72 Å². The average Bonchev–Trinajstić information content (AvgIpc) is 2.74. The molecule has 0 fully saturated rings. The normalized spacial score (nSPS) is 12.3. The Balaban J connectivity index is 1.83. The van der Waals surface area contributed by atoms with Gasteiger partial charge < -0.3 is 5.32 Å². The third kappa shape index (κ3) is 5.75. The first-order valence-electron chi connectivity index (χ1n) is 9.59. The van der Waals surface area contributed by atoms with Crippen LogP contribution in [0.25, 0.3) is 0 Å². The molecule has 1 atom stereocenters. The van der Waals surface area contributed by atoms with Gasteiger partial charge in [-0.05, 0) is 60.4 Å². The summed E-state index contributed by atoms with van der Waals surface area (Å²) in [5.41, 5.74) is 2.52. The Morgan fingerprint density at radius 3 is 2.13 bits per heavy atom. The number of hydrogen-bond donors (Lipinski definition) is 2. The molecule has 0 unspecified atom stereocenters. The van der Waals surface area contributed by atoms with Gasteiger partial charge in [0.1, 0.15) is 11.9 Å². The third-order valence-electron chi connectivity index (χ3n) is 4.65. The van der Waals surface area contributed by atoms with Crippen LogP contribution >= 0.6 is 0 Å². The first-order valence-corrected chi connectivity index (χ1v) is 11.1. The molecule has 0 spiro atoms. The molecule has 0 radical (unpaired) electrons. The van der Waals surface area contributed by atoms with Gasteiger partial charge in [0.2, 0.25) is 15.9 Å². The van der Waals surface area contributed by atoms with E-state index >= 15 is 0 Å². The van der Waals surface area contributed by atoms with Crippen LogP contribution in [0.5, 0.6) is 0 Å². The Morgan fingerprint density at radius 1 is 0.900 bits per heavy atom. The van der Waals surface area contributed by atoms with Crippen LogP contribution in [0.15, 0.2) is 83.8 Å². The molecule has 0 heterocycles. The highest BCUT2D eigenvalue weighted by Crippen LogP contribution is 2.15.